The Labute approximate surface area is 213 Å². The molecule has 0 unspecified atom stereocenters. The average molecular weight is 536 g/mol. The van der Waals surface area contributed by atoms with Crippen LogP contribution in [0.5, 0.6) is 0 Å². The van der Waals surface area contributed by atoms with Crippen LogP contribution in [0.15, 0.2) is 48.5 Å². The lowest BCUT2D eigenvalue weighted by Crippen LogP contribution is -2.15. The fraction of sp³-hybridized carbons (Fsp3) is 0. The van der Waals surface area contributed by atoms with Crippen molar-refractivity contribution in [2.45, 2.75) is 0 Å². The summed E-state index contributed by atoms with van der Waals surface area (Å²) >= 11 is 0. The second-order valence-electron chi connectivity index (χ2n) is 7.83. The van der Waals surface area contributed by atoms with E-state index in [-0.39, 0.29) is 10.8 Å². The van der Waals surface area contributed by atoms with Gasteiger partial charge in [-0.2, -0.15) is 0 Å². The lowest BCUT2D eigenvalue weighted by Gasteiger charge is -2.11. The van der Waals surface area contributed by atoms with E-state index in [0.29, 0.717) is 0 Å². The number of hydrogen-bond acceptors (Lipinski definition) is 13. The van der Waals surface area contributed by atoms with E-state index in [2.05, 4.69) is 0 Å². The minimum atomic E-state index is -1.44. The van der Waals surface area contributed by atoms with Crippen LogP contribution in [0.25, 0.3) is 21.5 Å². The summed E-state index contributed by atoms with van der Waals surface area (Å²) in [6.07, 6.45) is 0. The molecule has 0 atom stereocenters. The van der Waals surface area contributed by atoms with E-state index in [1.54, 1.807) is 0 Å². The number of carbonyl (C=O) groups excluding carboxylic acids is 2. The van der Waals surface area contributed by atoms with Crippen LogP contribution in [0.1, 0.15) is 20.7 Å². The second kappa shape index (κ2) is 9.32. The molecule has 17 heteroatoms. The number of non-ortho nitro benzene ring substituents is 2. The molecule has 0 saturated heterocycles. The van der Waals surface area contributed by atoms with Gasteiger partial charge in [-0.15, -0.1) is 0 Å². The Hall–Kier alpha value is -6.26. The van der Waals surface area contributed by atoms with Crippen LogP contribution in [-0.4, -0.2) is 31.6 Å². The third-order valence-electron chi connectivity index (χ3n) is 5.67. The Morgan fingerprint density at radius 3 is 1.28 bits per heavy atom. The third-order valence-corrected chi connectivity index (χ3v) is 5.67. The molecule has 0 fully saturated rings. The Balaban J connectivity index is 1.90. The molecule has 4 aromatic rings. The van der Waals surface area contributed by atoms with E-state index in [9.17, 15) is 50.0 Å². The summed E-state index contributed by atoms with van der Waals surface area (Å²) in [5.41, 5.74) is 5.90. The lowest BCUT2D eigenvalue weighted by molar-refractivity contribution is -0.389. The van der Waals surface area contributed by atoms with Crippen molar-refractivity contribution in [1.29, 1.82) is 0 Å². The first-order valence-corrected chi connectivity index (χ1v) is 10.4. The highest BCUT2D eigenvalue weighted by Crippen LogP contribution is 2.42. The Morgan fingerprint density at radius 2 is 0.974 bits per heavy atom. The number of nitrogens with zero attached hydrogens (tertiary/aromatic N) is 4. The van der Waals surface area contributed by atoms with Crippen LogP contribution in [0.4, 0.5) is 34.1 Å². The van der Waals surface area contributed by atoms with Crippen molar-refractivity contribution in [3.05, 3.63) is 100 Å². The van der Waals surface area contributed by atoms with Gasteiger partial charge >= 0.3 is 23.3 Å². The van der Waals surface area contributed by atoms with Crippen molar-refractivity contribution < 1.29 is 34.0 Å². The third kappa shape index (κ3) is 4.20. The number of hydrogen-bond donors (Lipinski definition) is 2. The molecule has 0 amide bonds. The SMILES string of the molecule is Nc1cc(C(=O)OC(=O)c2cc(N)c([N+](=O)[O-])c3c([N+](=O)[O-])cccc23)c2cccc([N+](=O)[O-])c2c1[N+](=O)[O-]. The zero-order chi connectivity index (χ0) is 28.8. The number of rotatable bonds is 6. The first kappa shape index (κ1) is 25.8. The van der Waals surface area contributed by atoms with Gasteiger partial charge in [-0.25, -0.2) is 9.59 Å². The number of nitro groups is 4. The molecule has 0 heterocycles. The molecule has 39 heavy (non-hydrogen) atoms. The van der Waals surface area contributed by atoms with Gasteiger partial charge in [0, 0.05) is 22.9 Å². The molecule has 0 aliphatic rings. The second-order valence-corrected chi connectivity index (χ2v) is 7.83. The molecule has 0 aliphatic heterocycles. The van der Waals surface area contributed by atoms with Crippen molar-refractivity contribution in [2.75, 3.05) is 11.5 Å². The highest BCUT2D eigenvalue weighted by molar-refractivity contribution is 6.18. The number of anilines is 2. The van der Waals surface area contributed by atoms with Gasteiger partial charge in [0.25, 0.3) is 11.4 Å². The standard InChI is InChI=1S/C22H12N6O11/c23-13-7-11(9-3-1-5-15(25(31)32)17(9)19(13)27(35)36)21(29)39-22(30)12-8-14(24)20(28(37)38)18-10(12)4-2-6-16(18)26(33)34/h1-8H,23-24H2. The first-order chi connectivity index (χ1) is 18.3. The molecular formula is C22H12N6O11. The number of nitro benzene ring substituents is 4. The predicted molar refractivity (Wildman–Crippen MR) is 133 cm³/mol. The molecule has 17 nitrogen and oxygen atoms in total. The summed E-state index contributed by atoms with van der Waals surface area (Å²) in [4.78, 5) is 68.5. The number of nitrogen functional groups attached to an aromatic ring is 2. The minimum absolute atomic E-state index is 0.327. The number of benzene rings is 4. The van der Waals surface area contributed by atoms with E-state index >= 15 is 0 Å². The molecule has 0 spiro atoms. The van der Waals surface area contributed by atoms with E-state index in [0.717, 1.165) is 48.5 Å². The van der Waals surface area contributed by atoms with E-state index in [1.807, 2.05) is 0 Å². The Kier molecular flexibility index (Phi) is 6.17. The first-order valence-electron chi connectivity index (χ1n) is 10.4. The molecule has 0 aliphatic carbocycles. The quantitative estimate of drug-likeness (QED) is 0.117. The van der Waals surface area contributed by atoms with E-state index in [4.69, 9.17) is 16.2 Å². The normalized spacial score (nSPS) is 10.8. The summed E-state index contributed by atoms with van der Waals surface area (Å²) in [7, 11) is 0. The molecule has 4 aromatic carbocycles. The summed E-state index contributed by atoms with van der Waals surface area (Å²) in [6, 6.07) is 8.06. The van der Waals surface area contributed by atoms with E-state index < -0.39 is 87.7 Å². The van der Waals surface area contributed by atoms with Gasteiger partial charge in [0.05, 0.1) is 30.8 Å². The van der Waals surface area contributed by atoms with Crippen LogP contribution in [0.3, 0.4) is 0 Å². The Bertz CT molecular complexity index is 1690. The Morgan fingerprint density at radius 1 is 0.615 bits per heavy atom. The molecule has 0 aromatic heterocycles. The number of esters is 2. The predicted octanol–water partition coefficient (Wildman–Crippen LogP) is 3.79. The number of carbonyl (C=O) groups is 2. The van der Waals surface area contributed by atoms with Gasteiger partial charge in [0.1, 0.15) is 22.1 Å². The number of fused-ring (bicyclic) bond motifs is 2. The molecule has 196 valence electrons. The van der Waals surface area contributed by atoms with Crippen molar-refractivity contribution in [3.63, 3.8) is 0 Å². The van der Waals surface area contributed by atoms with Crippen LogP contribution in [0, 0.1) is 40.5 Å². The van der Waals surface area contributed by atoms with Crippen molar-refractivity contribution in [1.82, 2.24) is 0 Å². The van der Waals surface area contributed by atoms with Gasteiger partial charge in [0.2, 0.25) is 0 Å². The molecule has 0 radical (unpaired) electrons. The highest BCUT2D eigenvalue weighted by atomic mass is 16.6. The molecule has 0 bridgehead atoms. The van der Waals surface area contributed by atoms with Gasteiger partial charge < -0.3 is 16.2 Å². The smallest absolute Gasteiger partial charge is 0.346 e. The van der Waals surface area contributed by atoms with Gasteiger partial charge in [-0.05, 0) is 12.1 Å². The maximum absolute atomic E-state index is 13.0. The maximum Gasteiger partial charge on any atom is 0.346 e. The van der Waals surface area contributed by atoms with Gasteiger partial charge in [-0.1, -0.05) is 24.3 Å². The topological polar surface area (TPSA) is 268 Å². The van der Waals surface area contributed by atoms with Gasteiger partial charge in [0.15, 0.2) is 0 Å². The fourth-order valence-electron chi connectivity index (χ4n) is 4.15. The molecule has 4 N–H and O–H groups in total. The summed E-state index contributed by atoms with van der Waals surface area (Å²) in [6.45, 7) is 0. The van der Waals surface area contributed by atoms with Crippen molar-refractivity contribution in [2.24, 2.45) is 0 Å². The van der Waals surface area contributed by atoms with Crippen molar-refractivity contribution >= 4 is 67.6 Å². The largest absolute Gasteiger partial charge is 0.393 e. The number of ether oxygens (including phenoxy) is 1. The zero-order valence-electron chi connectivity index (χ0n) is 19.1. The molecule has 4 rings (SSSR count). The minimum Gasteiger partial charge on any atom is -0.393 e. The zero-order valence-corrected chi connectivity index (χ0v) is 19.1. The monoisotopic (exact) mass is 536 g/mol. The lowest BCUT2D eigenvalue weighted by atomic mass is 9.99. The van der Waals surface area contributed by atoms with E-state index in [1.165, 1.54) is 0 Å². The van der Waals surface area contributed by atoms with Crippen LogP contribution in [0.2, 0.25) is 0 Å². The highest BCUT2D eigenvalue weighted by Gasteiger charge is 2.32. The molecular weight excluding hydrogens is 524 g/mol. The summed E-state index contributed by atoms with van der Waals surface area (Å²) in [5, 5.41) is 44.4. The summed E-state index contributed by atoms with van der Waals surface area (Å²) < 4.78 is 4.88. The fourth-order valence-corrected chi connectivity index (χ4v) is 4.15. The van der Waals surface area contributed by atoms with Crippen LogP contribution in [-0.2, 0) is 4.74 Å². The average Bonchev–Trinajstić information content (AvgIpc) is 2.86. The van der Waals surface area contributed by atoms with Gasteiger partial charge in [-0.3, -0.25) is 40.5 Å². The number of nitrogens with two attached hydrogens (primary N) is 2. The molecule has 0 saturated carbocycles. The van der Waals surface area contributed by atoms with Crippen LogP contribution < -0.4 is 11.5 Å². The maximum atomic E-state index is 13.0. The summed E-state index contributed by atoms with van der Waals surface area (Å²) in [5.74, 6) is -2.88. The van der Waals surface area contributed by atoms with Crippen LogP contribution >= 0.6 is 0 Å². The van der Waals surface area contributed by atoms with Crippen molar-refractivity contribution in [3.8, 4) is 0 Å².